The Balaban J connectivity index is 2.29. The van der Waals surface area contributed by atoms with Gasteiger partial charge in [0.15, 0.2) is 0 Å². The second-order valence-corrected chi connectivity index (χ2v) is 4.64. The minimum atomic E-state index is -0.532. The van der Waals surface area contributed by atoms with Gasteiger partial charge in [-0.05, 0) is 37.1 Å². The first kappa shape index (κ1) is 12.5. The Morgan fingerprint density at radius 1 is 1.29 bits per heavy atom. The molecule has 17 heavy (non-hydrogen) atoms. The average Bonchev–Trinajstić information content (AvgIpc) is 2.59. The fourth-order valence-electron chi connectivity index (χ4n) is 2.62. The van der Waals surface area contributed by atoms with Crippen LogP contribution >= 0.6 is 0 Å². The van der Waals surface area contributed by atoms with E-state index in [1.807, 2.05) is 0 Å². The average molecular weight is 240 g/mol. The van der Waals surface area contributed by atoms with E-state index in [-0.39, 0.29) is 12.1 Å². The predicted molar refractivity (Wildman–Crippen MR) is 63.6 cm³/mol. The van der Waals surface area contributed by atoms with Gasteiger partial charge < -0.3 is 5.73 Å². The molecule has 0 aliphatic carbocycles. The molecule has 1 aliphatic rings. The summed E-state index contributed by atoms with van der Waals surface area (Å²) in [5.74, 6) is -1.06. The largest absolute Gasteiger partial charge is 0.326 e. The second-order valence-electron chi connectivity index (χ2n) is 4.64. The number of hydrogen-bond acceptors (Lipinski definition) is 2. The molecule has 2 rings (SSSR count). The Morgan fingerprint density at radius 2 is 1.94 bits per heavy atom. The lowest BCUT2D eigenvalue weighted by atomic mass is 10.0. The van der Waals surface area contributed by atoms with E-state index in [2.05, 4.69) is 11.8 Å². The van der Waals surface area contributed by atoms with E-state index in [1.54, 1.807) is 0 Å². The zero-order valence-corrected chi connectivity index (χ0v) is 10.00. The molecule has 0 saturated carbocycles. The smallest absolute Gasteiger partial charge is 0.126 e. The molecule has 1 heterocycles. The van der Waals surface area contributed by atoms with Crippen molar-refractivity contribution in [2.45, 2.75) is 31.8 Å². The van der Waals surface area contributed by atoms with E-state index in [4.69, 9.17) is 5.73 Å². The predicted octanol–water partition coefficient (Wildman–Crippen LogP) is 2.45. The van der Waals surface area contributed by atoms with Crippen molar-refractivity contribution >= 4 is 0 Å². The minimum absolute atomic E-state index is 0.0391. The second kappa shape index (κ2) is 5.10. The highest BCUT2D eigenvalue weighted by Gasteiger charge is 2.32. The van der Waals surface area contributed by atoms with Crippen molar-refractivity contribution in [3.05, 3.63) is 35.4 Å². The lowest BCUT2D eigenvalue weighted by Gasteiger charge is -2.26. The highest BCUT2D eigenvalue weighted by molar-refractivity contribution is 5.24. The van der Waals surface area contributed by atoms with Crippen LogP contribution in [0.4, 0.5) is 8.78 Å². The van der Waals surface area contributed by atoms with Crippen LogP contribution < -0.4 is 5.73 Å². The maximum absolute atomic E-state index is 13.2. The third kappa shape index (κ3) is 2.64. The van der Waals surface area contributed by atoms with E-state index in [9.17, 15) is 8.78 Å². The Morgan fingerprint density at radius 3 is 2.53 bits per heavy atom. The van der Waals surface area contributed by atoms with Crippen LogP contribution in [0.25, 0.3) is 0 Å². The van der Waals surface area contributed by atoms with E-state index in [0.29, 0.717) is 5.56 Å². The first-order valence-electron chi connectivity index (χ1n) is 6.07. The van der Waals surface area contributed by atoms with Gasteiger partial charge in [-0.25, -0.2) is 8.78 Å². The van der Waals surface area contributed by atoms with Crippen LogP contribution in [0.5, 0.6) is 0 Å². The van der Waals surface area contributed by atoms with Crippen LogP contribution in [-0.4, -0.2) is 24.0 Å². The monoisotopic (exact) mass is 240 g/mol. The number of benzene rings is 1. The number of halogens is 2. The lowest BCUT2D eigenvalue weighted by molar-refractivity contribution is 0.247. The van der Waals surface area contributed by atoms with Crippen molar-refractivity contribution < 1.29 is 8.78 Å². The van der Waals surface area contributed by atoms with Crippen LogP contribution in [0.15, 0.2) is 18.2 Å². The SMILES string of the molecule is CCCN1CC[C@@H](N)[C@@H]1c1cc(F)cc(F)c1. The third-order valence-electron chi connectivity index (χ3n) is 3.29. The van der Waals surface area contributed by atoms with Gasteiger partial charge in [0.2, 0.25) is 0 Å². The Bertz CT molecular complexity index is 373. The summed E-state index contributed by atoms with van der Waals surface area (Å²) in [6.45, 7) is 3.90. The third-order valence-corrected chi connectivity index (χ3v) is 3.29. The molecule has 2 N–H and O–H groups in total. The van der Waals surface area contributed by atoms with Gasteiger partial charge in [-0.2, -0.15) is 0 Å². The molecule has 0 bridgehead atoms. The van der Waals surface area contributed by atoms with E-state index < -0.39 is 11.6 Å². The van der Waals surface area contributed by atoms with Crippen LogP contribution in [0, 0.1) is 11.6 Å². The van der Waals surface area contributed by atoms with Crippen molar-refractivity contribution in [2.24, 2.45) is 5.73 Å². The van der Waals surface area contributed by atoms with Gasteiger partial charge in [0.05, 0.1) is 6.04 Å². The van der Waals surface area contributed by atoms with Gasteiger partial charge in [0, 0.05) is 18.7 Å². The molecule has 0 radical (unpaired) electrons. The normalized spacial score (nSPS) is 25.4. The molecule has 94 valence electrons. The van der Waals surface area contributed by atoms with E-state index >= 15 is 0 Å². The van der Waals surface area contributed by atoms with Gasteiger partial charge in [0.1, 0.15) is 11.6 Å². The molecule has 0 spiro atoms. The summed E-state index contributed by atoms with van der Waals surface area (Å²) in [7, 11) is 0. The first-order valence-corrected chi connectivity index (χ1v) is 6.07. The molecule has 1 aromatic carbocycles. The summed E-state index contributed by atoms with van der Waals surface area (Å²) in [6, 6.07) is 3.58. The summed E-state index contributed by atoms with van der Waals surface area (Å²) in [4.78, 5) is 2.21. The van der Waals surface area contributed by atoms with E-state index in [0.717, 1.165) is 32.0 Å². The lowest BCUT2D eigenvalue weighted by Crippen LogP contribution is -2.32. The molecule has 2 atom stereocenters. The maximum Gasteiger partial charge on any atom is 0.126 e. The van der Waals surface area contributed by atoms with E-state index in [1.165, 1.54) is 12.1 Å². The van der Waals surface area contributed by atoms with Crippen LogP contribution in [0.1, 0.15) is 31.4 Å². The van der Waals surface area contributed by atoms with Gasteiger partial charge in [0.25, 0.3) is 0 Å². The quantitative estimate of drug-likeness (QED) is 0.879. The van der Waals surface area contributed by atoms with Gasteiger partial charge in [-0.1, -0.05) is 6.92 Å². The number of nitrogens with two attached hydrogens (primary N) is 1. The Kier molecular flexibility index (Phi) is 3.74. The molecule has 0 unspecified atom stereocenters. The summed E-state index contributed by atoms with van der Waals surface area (Å²) in [6.07, 6.45) is 1.89. The van der Waals surface area contributed by atoms with Crippen LogP contribution in [0.3, 0.4) is 0 Å². The van der Waals surface area contributed by atoms with Crippen LogP contribution in [0.2, 0.25) is 0 Å². The molecule has 1 saturated heterocycles. The molecular weight excluding hydrogens is 222 g/mol. The van der Waals surface area contributed by atoms with Crippen molar-refractivity contribution in [3.8, 4) is 0 Å². The summed E-state index contributed by atoms with van der Waals surface area (Å²) in [5.41, 5.74) is 6.70. The maximum atomic E-state index is 13.2. The molecule has 1 fully saturated rings. The standard InChI is InChI=1S/C13H18F2N2/c1-2-4-17-5-3-12(16)13(17)9-6-10(14)8-11(15)7-9/h6-8,12-13H,2-5,16H2,1H3/t12-,13+/m1/s1. The summed E-state index contributed by atoms with van der Waals surface area (Å²) < 4.78 is 26.4. The Hall–Kier alpha value is -1.00. The molecule has 4 heteroatoms. The fourth-order valence-corrected chi connectivity index (χ4v) is 2.62. The first-order chi connectivity index (χ1) is 8.11. The summed E-state index contributed by atoms with van der Waals surface area (Å²) in [5, 5.41) is 0. The van der Waals surface area contributed by atoms with Gasteiger partial charge >= 0.3 is 0 Å². The number of nitrogens with zero attached hydrogens (tertiary/aromatic N) is 1. The minimum Gasteiger partial charge on any atom is -0.326 e. The molecular formula is C13H18F2N2. The van der Waals surface area contributed by atoms with Gasteiger partial charge in [-0.3, -0.25) is 4.90 Å². The summed E-state index contributed by atoms with van der Waals surface area (Å²) >= 11 is 0. The van der Waals surface area contributed by atoms with Crippen molar-refractivity contribution in [2.75, 3.05) is 13.1 Å². The molecule has 1 aliphatic heterocycles. The number of hydrogen-bond donors (Lipinski definition) is 1. The van der Waals surface area contributed by atoms with Crippen molar-refractivity contribution in [3.63, 3.8) is 0 Å². The van der Waals surface area contributed by atoms with Crippen LogP contribution in [-0.2, 0) is 0 Å². The molecule has 0 aromatic heterocycles. The Labute approximate surface area is 100 Å². The molecule has 0 amide bonds. The number of rotatable bonds is 3. The highest BCUT2D eigenvalue weighted by atomic mass is 19.1. The molecule has 2 nitrogen and oxygen atoms in total. The van der Waals surface area contributed by atoms with Crippen molar-refractivity contribution in [1.82, 2.24) is 4.90 Å². The topological polar surface area (TPSA) is 29.3 Å². The highest BCUT2D eigenvalue weighted by Crippen LogP contribution is 2.31. The van der Waals surface area contributed by atoms with Crippen molar-refractivity contribution in [1.29, 1.82) is 0 Å². The zero-order chi connectivity index (χ0) is 12.4. The fraction of sp³-hybridized carbons (Fsp3) is 0.538. The molecule has 1 aromatic rings. The zero-order valence-electron chi connectivity index (χ0n) is 10.00. The number of likely N-dealkylation sites (tertiary alicyclic amines) is 1. The van der Waals surface area contributed by atoms with Gasteiger partial charge in [-0.15, -0.1) is 0 Å².